The lowest BCUT2D eigenvalue weighted by atomic mass is 9.91. The van der Waals surface area contributed by atoms with E-state index in [0.29, 0.717) is 47.7 Å². The number of para-hydroxylation sites is 1. The number of rotatable bonds is 18. The van der Waals surface area contributed by atoms with E-state index in [9.17, 15) is 19.8 Å². The molecule has 77 heavy (non-hydrogen) atoms. The molecule has 2 bridgehead atoms. The molecule has 1 saturated carbocycles. The van der Waals surface area contributed by atoms with Crippen LogP contribution in [0.25, 0.3) is 21.8 Å². The van der Waals surface area contributed by atoms with Gasteiger partial charge in [0, 0.05) is 106 Å². The molecular formula is C56H68N12O8S. The van der Waals surface area contributed by atoms with Gasteiger partial charge in [0.1, 0.15) is 30.4 Å². The lowest BCUT2D eigenvalue weighted by Gasteiger charge is -2.43. The molecule has 9 heterocycles. The number of nitrogen functional groups attached to an aromatic ring is 1. The summed E-state index contributed by atoms with van der Waals surface area (Å²) in [6.07, 6.45) is 8.92. The number of piperidine rings is 1. The van der Waals surface area contributed by atoms with Gasteiger partial charge < -0.3 is 54.7 Å². The zero-order valence-electron chi connectivity index (χ0n) is 44.0. The number of carbonyl (C=O) groups is 2. The summed E-state index contributed by atoms with van der Waals surface area (Å²) in [6, 6.07) is 18.1. The number of phenolic OH excluding ortho intramolecular Hbond substituents is 1. The first-order valence-electron chi connectivity index (χ1n) is 27.0. The van der Waals surface area contributed by atoms with Crippen LogP contribution in [-0.2, 0) is 14.3 Å². The van der Waals surface area contributed by atoms with Gasteiger partial charge in [-0.15, -0.1) is 21.5 Å². The smallest absolute Gasteiger partial charge is 0.254 e. The van der Waals surface area contributed by atoms with E-state index >= 15 is 0 Å². The highest BCUT2D eigenvalue weighted by molar-refractivity contribution is 7.13. The number of pyridine rings is 2. The number of aryl methyl sites for hydroxylation is 1. The Morgan fingerprint density at radius 2 is 1.68 bits per heavy atom. The number of piperazine rings is 1. The molecule has 406 valence electrons. The molecule has 4 saturated heterocycles. The second-order valence-corrected chi connectivity index (χ2v) is 22.4. The van der Waals surface area contributed by atoms with Crippen LogP contribution in [-0.4, -0.2) is 151 Å². The van der Waals surface area contributed by atoms with E-state index in [1.807, 2.05) is 64.2 Å². The Labute approximate surface area is 451 Å². The lowest BCUT2D eigenvalue weighted by Crippen LogP contribution is -2.54. The predicted octanol–water partition coefficient (Wildman–Crippen LogP) is 6.55. The van der Waals surface area contributed by atoms with Crippen LogP contribution in [0.3, 0.4) is 0 Å². The highest BCUT2D eigenvalue weighted by Crippen LogP contribution is 2.41. The number of phenols is 1. The summed E-state index contributed by atoms with van der Waals surface area (Å²) in [5, 5.41) is 36.9. The van der Waals surface area contributed by atoms with Gasteiger partial charge >= 0.3 is 0 Å². The molecule has 5 aromatic heterocycles. The number of hydrogen-bond acceptors (Lipinski definition) is 19. The minimum atomic E-state index is -0.850. The standard InChI is InChI=1S/C56H68N12O8S/c1-32(2)52(56(72)67-30-39(69)22-47(67)55(71)61-33(3)35-9-12-44(59-27-35)53-34(4)60-31-77-53)49-26-51(64-76-49)73-20-19-65-17-14-40(15-18-65)74-41-23-42(24-41)75-50-21-36(13-16-58-50)68-37-10-11-38(68)29-66(28-37)46-25-45(62-63-54(46)57)43-7-5-6-8-48(43)70/h5-9,12-13,16,21,25-27,31-33,37-42,47,52,69-70H,10-11,14-15,17-20,22-24,28-30H2,1-4H3,(H2,57,63)(H,61,71)/t33-,37?,38?,39+,41?,42?,47-,52-/m0/s1. The van der Waals surface area contributed by atoms with Gasteiger partial charge in [-0.25, -0.2) is 9.97 Å². The monoisotopic (exact) mass is 1070 g/mol. The van der Waals surface area contributed by atoms with Gasteiger partial charge in [-0.3, -0.25) is 19.5 Å². The maximum atomic E-state index is 14.2. The number of carbonyl (C=O) groups excluding carboxylic acids is 2. The number of anilines is 3. The van der Waals surface area contributed by atoms with Crippen molar-refractivity contribution in [1.29, 1.82) is 0 Å². The summed E-state index contributed by atoms with van der Waals surface area (Å²) in [5.41, 5.74) is 13.9. The summed E-state index contributed by atoms with van der Waals surface area (Å²) in [6.45, 7) is 12.2. The SMILES string of the molecule is Cc1ncsc1-c1ccc([C@H](C)NC(=O)[C@@H]2C[C@@H](O)CN2C(=O)[C@H](c2cc(OCCN3CCC(OC4CC(Oc5cc(N6C7CCC6CN(c6cc(-c8ccccc8O)nnc6N)C7)ccn5)C4)CC3)no2)C(C)C)cn1. The molecule has 11 rings (SSSR count). The Kier molecular flexibility index (Phi) is 15.3. The van der Waals surface area contributed by atoms with Crippen molar-refractivity contribution >= 4 is 40.3 Å². The number of benzene rings is 1. The van der Waals surface area contributed by atoms with Crippen LogP contribution in [0.1, 0.15) is 94.7 Å². The van der Waals surface area contributed by atoms with Crippen LogP contribution >= 0.6 is 11.3 Å². The molecule has 0 spiro atoms. The van der Waals surface area contributed by atoms with E-state index in [0.717, 1.165) is 97.9 Å². The minimum absolute atomic E-state index is 0.0405. The van der Waals surface area contributed by atoms with Crippen LogP contribution in [0.5, 0.6) is 17.5 Å². The quantitative estimate of drug-likeness (QED) is 0.0713. The molecule has 5 aliphatic rings. The van der Waals surface area contributed by atoms with Crippen molar-refractivity contribution in [3.63, 3.8) is 0 Å². The van der Waals surface area contributed by atoms with Crippen molar-refractivity contribution in [3.8, 4) is 39.3 Å². The van der Waals surface area contributed by atoms with Crippen LogP contribution in [0.2, 0.25) is 0 Å². The summed E-state index contributed by atoms with van der Waals surface area (Å²) >= 11 is 1.53. The number of aromatic hydroxyl groups is 1. The van der Waals surface area contributed by atoms with Crippen molar-refractivity contribution in [2.24, 2.45) is 5.92 Å². The summed E-state index contributed by atoms with van der Waals surface area (Å²) in [7, 11) is 0. The zero-order chi connectivity index (χ0) is 53.3. The Balaban J connectivity index is 0.601. The van der Waals surface area contributed by atoms with Gasteiger partial charge in [0.25, 0.3) is 5.88 Å². The maximum Gasteiger partial charge on any atom is 0.254 e. The van der Waals surface area contributed by atoms with E-state index in [-0.39, 0.29) is 72.9 Å². The highest BCUT2D eigenvalue weighted by Gasteiger charge is 2.45. The van der Waals surface area contributed by atoms with Crippen molar-refractivity contribution in [1.82, 2.24) is 45.4 Å². The van der Waals surface area contributed by atoms with Crippen molar-refractivity contribution in [2.45, 2.75) is 127 Å². The van der Waals surface area contributed by atoms with Crippen LogP contribution in [0, 0.1) is 12.8 Å². The third kappa shape index (κ3) is 11.4. The fraction of sp³-hybridized carbons (Fsp3) is 0.500. The van der Waals surface area contributed by atoms with E-state index < -0.39 is 18.1 Å². The topological polar surface area (TPSA) is 244 Å². The molecule has 20 nitrogen and oxygen atoms in total. The first-order valence-corrected chi connectivity index (χ1v) is 27.9. The number of nitrogens with zero attached hydrogens (tertiary/aromatic N) is 10. The summed E-state index contributed by atoms with van der Waals surface area (Å²) < 4.78 is 24.7. The number of likely N-dealkylation sites (tertiary alicyclic amines) is 2. The maximum absolute atomic E-state index is 14.2. The average Bonchev–Trinajstić information content (AvgIpc) is 4.22. The van der Waals surface area contributed by atoms with E-state index in [1.165, 1.54) is 16.2 Å². The minimum Gasteiger partial charge on any atom is -0.507 e. The zero-order valence-corrected chi connectivity index (χ0v) is 44.8. The van der Waals surface area contributed by atoms with Gasteiger partial charge in [-0.05, 0) is 86.5 Å². The molecular weight excluding hydrogens is 1000 g/mol. The molecule has 1 aromatic carbocycles. The van der Waals surface area contributed by atoms with E-state index in [2.05, 4.69) is 62.5 Å². The summed E-state index contributed by atoms with van der Waals surface area (Å²) in [5.74, 6) is 0.263. The first-order chi connectivity index (χ1) is 37.3. The Bertz CT molecular complexity index is 3000. The third-order valence-corrected chi connectivity index (χ3v) is 16.9. The normalized spacial score (nSPS) is 23.5. The first kappa shape index (κ1) is 52.1. The third-order valence-electron chi connectivity index (χ3n) is 16.0. The Morgan fingerprint density at radius 1 is 0.883 bits per heavy atom. The molecule has 5 N–H and O–H groups in total. The number of thiazole rings is 1. The number of ether oxygens (including phenoxy) is 3. The van der Waals surface area contributed by atoms with Gasteiger partial charge in [0.05, 0.1) is 57.5 Å². The number of aromatic nitrogens is 6. The van der Waals surface area contributed by atoms with Crippen LogP contribution in [0.4, 0.5) is 17.2 Å². The van der Waals surface area contributed by atoms with E-state index in [4.69, 9.17) is 24.5 Å². The molecule has 4 aliphatic heterocycles. The molecule has 1 aliphatic carbocycles. The van der Waals surface area contributed by atoms with Gasteiger partial charge in [-0.1, -0.05) is 32.0 Å². The van der Waals surface area contributed by atoms with Crippen LogP contribution < -0.4 is 30.3 Å². The predicted molar refractivity (Wildman–Crippen MR) is 290 cm³/mol. The second kappa shape index (κ2) is 22.6. The van der Waals surface area contributed by atoms with Crippen LogP contribution in [0.15, 0.2) is 83.1 Å². The molecule has 21 heteroatoms. The number of hydrogen-bond donors (Lipinski definition) is 4. The Hall–Kier alpha value is -6.94. The number of amides is 2. The van der Waals surface area contributed by atoms with Gasteiger partial charge in [0.2, 0.25) is 17.7 Å². The summed E-state index contributed by atoms with van der Waals surface area (Å²) in [4.78, 5) is 51.1. The molecule has 6 aromatic rings. The number of nitrogens with one attached hydrogen (secondary N) is 1. The van der Waals surface area contributed by atoms with Gasteiger partial charge in [-0.2, -0.15) is 0 Å². The van der Waals surface area contributed by atoms with E-state index in [1.54, 1.807) is 29.9 Å². The number of aliphatic hydroxyl groups is 1. The fourth-order valence-electron chi connectivity index (χ4n) is 11.8. The number of aliphatic hydroxyl groups excluding tert-OH is 1. The highest BCUT2D eigenvalue weighted by atomic mass is 32.1. The Morgan fingerprint density at radius 3 is 2.40 bits per heavy atom. The average molecular weight is 1070 g/mol. The lowest BCUT2D eigenvalue weighted by molar-refractivity contribution is -0.141. The fourth-order valence-corrected chi connectivity index (χ4v) is 12.6. The molecule has 2 unspecified atom stereocenters. The number of fused-ring (bicyclic) bond motifs is 2. The molecule has 6 atom stereocenters. The molecule has 5 fully saturated rings. The number of β-amino-alcohol motifs (C(OH)–C–C–N with tert-alkyl or cyclic N) is 1. The second-order valence-electron chi connectivity index (χ2n) is 21.6. The number of nitrogens with two attached hydrogens (primary N) is 1. The largest absolute Gasteiger partial charge is 0.507 e. The van der Waals surface area contributed by atoms with Crippen molar-refractivity contribution < 1.29 is 38.5 Å². The van der Waals surface area contributed by atoms with Crippen molar-refractivity contribution in [2.75, 3.05) is 61.4 Å². The van der Waals surface area contributed by atoms with Crippen molar-refractivity contribution in [3.05, 3.63) is 95.6 Å². The molecule has 0 radical (unpaired) electrons. The molecule has 2 amide bonds. The van der Waals surface area contributed by atoms with Gasteiger partial charge in [0.15, 0.2) is 11.6 Å².